The lowest BCUT2D eigenvalue weighted by Gasteiger charge is -2.24. The summed E-state index contributed by atoms with van der Waals surface area (Å²) in [5, 5.41) is 4.05. The maximum absolute atomic E-state index is 6.13. The Morgan fingerprint density at radius 2 is 2.32 bits per heavy atom. The Hall–Kier alpha value is -0.800. The Morgan fingerprint density at radius 1 is 1.47 bits per heavy atom. The van der Waals surface area contributed by atoms with Crippen LogP contribution in [-0.2, 0) is 6.54 Å². The van der Waals surface area contributed by atoms with Gasteiger partial charge in [0.05, 0.1) is 11.6 Å². The molecule has 0 aromatic carbocycles. The Morgan fingerprint density at radius 3 is 3.00 bits per heavy atom. The first kappa shape index (κ1) is 14.6. The van der Waals surface area contributed by atoms with E-state index in [0.717, 1.165) is 44.0 Å². The molecule has 0 spiro atoms. The summed E-state index contributed by atoms with van der Waals surface area (Å²) in [7, 11) is 0. The van der Waals surface area contributed by atoms with Crippen LogP contribution in [0.3, 0.4) is 0 Å². The molecule has 0 unspecified atom stereocenters. The van der Waals surface area contributed by atoms with Crippen LogP contribution in [0.1, 0.15) is 44.6 Å². The van der Waals surface area contributed by atoms with Gasteiger partial charge >= 0.3 is 0 Å². The Balaban J connectivity index is 1.80. The van der Waals surface area contributed by atoms with Crippen molar-refractivity contribution < 1.29 is 4.74 Å². The number of rotatable bonds is 8. The van der Waals surface area contributed by atoms with Gasteiger partial charge in [0.1, 0.15) is 0 Å². The minimum Gasteiger partial charge on any atom is -0.478 e. The topological polar surface area (TPSA) is 34.1 Å². The summed E-state index contributed by atoms with van der Waals surface area (Å²) in [5.74, 6) is 1.56. The van der Waals surface area contributed by atoms with Crippen LogP contribution in [0.2, 0.25) is 5.02 Å². The summed E-state index contributed by atoms with van der Waals surface area (Å²) in [6.45, 7) is 4.68. The molecule has 0 amide bonds. The monoisotopic (exact) mass is 282 g/mol. The smallest absolute Gasteiger partial charge is 0.213 e. The molecule has 1 heterocycles. The third-order valence-electron chi connectivity index (χ3n) is 3.65. The van der Waals surface area contributed by atoms with E-state index in [1.165, 1.54) is 19.3 Å². The molecule has 0 atom stereocenters. The van der Waals surface area contributed by atoms with Gasteiger partial charge < -0.3 is 10.1 Å². The summed E-state index contributed by atoms with van der Waals surface area (Å²) in [6.07, 6.45) is 8.06. The number of halogens is 1. The van der Waals surface area contributed by atoms with Crippen molar-refractivity contribution in [1.82, 2.24) is 10.3 Å². The summed E-state index contributed by atoms with van der Waals surface area (Å²) in [6, 6.07) is 1.95. The second kappa shape index (κ2) is 7.71. The highest BCUT2D eigenvalue weighted by Gasteiger charge is 2.17. The van der Waals surface area contributed by atoms with E-state index in [2.05, 4.69) is 17.2 Å². The van der Waals surface area contributed by atoms with Crippen molar-refractivity contribution in [2.75, 3.05) is 13.2 Å². The second-order valence-corrected chi connectivity index (χ2v) is 5.63. The molecule has 1 aliphatic carbocycles. The van der Waals surface area contributed by atoms with Gasteiger partial charge in [0.15, 0.2) is 0 Å². The summed E-state index contributed by atoms with van der Waals surface area (Å²) in [4.78, 5) is 4.23. The van der Waals surface area contributed by atoms with Gasteiger partial charge in [-0.1, -0.05) is 37.8 Å². The lowest BCUT2D eigenvalue weighted by molar-refractivity contribution is 0.217. The van der Waals surface area contributed by atoms with Crippen molar-refractivity contribution >= 4 is 11.6 Å². The number of hydrogen-bond donors (Lipinski definition) is 1. The van der Waals surface area contributed by atoms with Gasteiger partial charge in [0, 0.05) is 18.8 Å². The number of hydrogen-bond acceptors (Lipinski definition) is 3. The van der Waals surface area contributed by atoms with Crippen LogP contribution in [0.5, 0.6) is 5.88 Å². The highest BCUT2D eigenvalue weighted by molar-refractivity contribution is 6.31. The number of pyridine rings is 1. The van der Waals surface area contributed by atoms with Crippen LogP contribution in [0.25, 0.3) is 0 Å². The number of aromatic nitrogens is 1. The SMILES string of the molecule is CCCNCc1cc(OCCC2CCC2)ncc1Cl. The highest BCUT2D eigenvalue weighted by Crippen LogP contribution is 2.29. The normalized spacial score (nSPS) is 15.3. The molecule has 1 aliphatic rings. The molecule has 3 nitrogen and oxygen atoms in total. The molecular formula is C15H23ClN2O. The predicted octanol–water partition coefficient (Wildman–Crippen LogP) is 3.80. The minimum atomic E-state index is 0.692. The van der Waals surface area contributed by atoms with Gasteiger partial charge in [-0.2, -0.15) is 0 Å². The Labute approximate surface area is 120 Å². The van der Waals surface area contributed by atoms with E-state index in [4.69, 9.17) is 16.3 Å². The fourth-order valence-electron chi connectivity index (χ4n) is 2.18. The van der Waals surface area contributed by atoms with Gasteiger partial charge in [-0.15, -0.1) is 0 Å². The average Bonchev–Trinajstić information content (AvgIpc) is 2.36. The van der Waals surface area contributed by atoms with Gasteiger partial charge in [-0.3, -0.25) is 0 Å². The van der Waals surface area contributed by atoms with Crippen LogP contribution in [0, 0.1) is 5.92 Å². The molecule has 1 saturated carbocycles. The maximum atomic E-state index is 6.13. The van der Waals surface area contributed by atoms with Crippen molar-refractivity contribution in [3.05, 3.63) is 22.8 Å². The van der Waals surface area contributed by atoms with E-state index >= 15 is 0 Å². The Bertz CT molecular complexity index is 394. The number of nitrogens with one attached hydrogen (secondary N) is 1. The van der Waals surface area contributed by atoms with Crippen LogP contribution in [0.4, 0.5) is 0 Å². The molecular weight excluding hydrogens is 260 g/mol. The molecule has 0 radical (unpaired) electrons. The average molecular weight is 283 g/mol. The summed E-state index contributed by atoms with van der Waals surface area (Å²) < 4.78 is 5.72. The van der Waals surface area contributed by atoms with E-state index < -0.39 is 0 Å². The molecule has 0 aliphatic heterocycles. The van der Waals surface area contributed by atoms with Crippen LogP contribution in [-0.4, -0.2) is 18.1 Å². The van der Waals surface area contributed by atoms with E-state index in [0.29, 0.717) is 10.9 Å². The number of nitrogens with zero attached hydrogens (tertiary/aromatic N) is 1. The van der Waals surface area contributed by atoms with Crippen molar-refractivity contribution in [3.8, 4) is 5.88 Å². The fourth-order valence-corrected chi connectivity index (χ4v) is 2.35. The molecule has 2 rings (SSSR count). The molecule has 1 aromatic heterocycles. The molecule has 19 heavy (non-hydrogen) atoms. The molecule has 0 saturated heterocycles. The van der Waals surface area contributed by atoms with Crippen molar-refractivity contribution in [1.29, 1.82) is 0 Å². The first-order chi connectivity index (χ1) is 9.29. The zero-order chi connectivity index (χ0) is 13.5. The highest BCUT2D eigenvalue weighted by atomic mass is 35.5. The third-order valence-corrected chi connectivity index (χ3v) is 3.99. The van der Waals surface area contributed by atoms with Crippen molar-refractivity contribution in [2.24, 2.45) is 5.92 Å². The molecule has 1 aromatic rings. The zero-order valence-electron chi connectivity index (χ0n) is 11.6. The van der Waals surface area contributed by atoms with E-state index in [-0.39, 0.29) is 0 Å². The van der Waals surface area contributed by atoms with Gasteiger partial charge in [-0.25, -0.2) is 4.98 Å². The predicted molar refractivity (Wildman–Crippen MR) is 78.7 cm³/mol. The van der Waals surface area contributed by atoms with Crippen LogP contribution < -0.4 is 10.1 Å². The lowest BCUT2D eigenvalue weighted by Crippen LogP contribution is -2.15. The molecule has 4 heteroatoms. The van der Waals surface area contributed by atoms with Gasteiger partial charge in [0.2, 0.25) is 5.88 Å². The minimum absolute atomic E-state index is 0.692. The lowest BCUT2D eigenvalue weighted by atomic mass is 9.83. The van der Waals surface area contributed by atoms with E-state index in [9.17, 15) is 0 Å². The van der Waals surface area contributed by atoms with Gasteiger partial charge in [0.25, 0.3) is 0 Å². The Kier molecular flexibility index (Phi) is 5.93. The number of ether oxygens (including phenoxy) is 1. The van der Waals surface area contributed by atoms with Gasteiger partial charge in [-0.05, 0) is 30.9 Å². The molecule has 106 valence electrons. The third kappa shape index (κ3) is 4.66. The van der Waals surface area contributed by atoms with Crippen LogP contribution in [0.15, 0.2) is 12.3 Å². The van der Waals surface area contributed by atoms with E-state index in [1.54, 1.807) is 6.20 Å². The first-order valence-electron chi connectivity index (χ1n) is 7.27. The second-order valence-electron chi connectivity index (χ2n) is 5.22. The van der Waals surface area contributed by atoms with Crippen molar-refractivity contribution in [2.45, 2.75) is 45.6 Å². The zero-order valence-corrected chi connectivity index (χ0v) is 12.4. The van der Waals surface area contributed by atoms with E-state index in [1.807, 2.05) is 6.07 Å². The quantitative estimate of drug-likeness (QED) is 0.737. The van der Waals surface area contributed by atoms with Crippen molar-refractivity contribution in [3.63, 3.8) is 0 Å². The first-order valence-corrected chi connectivity index (χ1v) is 7.65. The largest absolute Gasteiger partial charge is 0.478 e. The summed E-state index contributed by atoms with van der Waals surface area (Å²) in [5.41, 5.74) is 1.06. The van der Waals surface area contributed by atoms with Crippen LogP contribution >= 0.6 is 11.6 Å². The molecule has 1 N–H and O–H groups in total. The summed E-state index contributed by atoms with van der Waals surface area (Å²) >= 11 is 6.13. The molecule has 1 fully saturated rings. The maximum Gasteiger partial charge on any atom is 0.213 e. The molecule has 0 bridgehead atoms. The fraction of sp³-hybridized carbons (Fsp3) is 0.667. The standard InChI is InChI=1S/C15H23ClN2O/c1-2-7-17-10-13-9-15(18-11-14(13)16)19-8-6-12-4-3-5-12/h9,11-12,17H,2-8,10H2,1H3.